The van der Waals surface area contributed by atoms with Crippen molar-refractivity contribution in [1.82, 2.24) is 15.0 Å². The summed E-state index contributed by atoms with van der Waals surface area (Å²) >= 11 is 12.5. The van der Waals surface area contributed by atoms with Gasteiger partial charge in [-0.3, -0.25) is 9.59 Å². The van der Waals surface area contributed by atoms with Gasteiger partial charge in [-0.05, 0) is 69.4 Å². The number of carbonyl (C=O) groups excluding carboxylic acids is 2. The molecule has 206 valence electrons. The van der Waals surface area contributed by atoms with Gasteiger partial charge in [0, 0.05) is 48.6 Å². The van der Waals surface area contributed by atoms with Gasteiger partial charge in [0.1, 0.15) is 22.8 Å². The lowest BCUT2D eigenvalue weighted by atomic mass is 9.77. The molecule has 3 aromatic rings. The highest BCUT2D eigenvalue weighted by molar-refractivity contribution is 6.33. The van der Waals surface area contributed by atoms with Crippen molar-refractivity contribution in [2.75, 3.05) is 32.8 Å². The molecule has 1 aromatic heterocycles. The van der Waals surface area contributed by atoms with Crippen LogP contribution in [-0.4, -0.2) is 59.6 Å². The van der Waals surface area contributed by atoms with E-state index in [9.17, 15) is 9.59 Å². The minimum atomic E-state index is -0.530. The summed E-state index contributed by atoms with van der Waals surface area (Å²) in [5.41, 5.74) is 0.951. The van der Waals surface area contributed by atoms with Gasteiger partial charge >= 0.3 is 0 Å². The second-order valence-corrected chi connectivity index (χ2v) is 11.5. The predicted octanol–water partition coefficient (Wildman–Crippen LogP) is 6.66. The van der Waals surface area contributed by atoms with Crippen LogP contribution in [0.5, 0.6) is 5.75 Å². The minimum absolute atomic E-state index is 0.126. The van der Waals surface area contributed by atoms with Crippen molar-refractivity contribution in [3.8, 4) is 17.0 Å². The largest absolute Gasteiger partial charge is 0.493 e. The number of carbonyl (C=O) groups is 2. The third kappa shape index (κ3) is 6.25. The number of halogens is 2. The number of hydrogen-bond donors (Lipinski definition) is 0. The normalized spacial score (nSPS) is 19.7. The molecular formula is C30H33Cl2N3O4. The van der Waals surface area contributed by atoms with Crippen molar-refractivity contribution in [2.24, 2.45) is 5.41 Å². The number of ether oxygens (including phenoxy) is 1. The van der Waals surface area contributed by atoms with Crippen molar-refractivity contribution in [2.45, 2.75) is 45.4 Å². The lowest BCUT2D eigenvalue weighted by Gasteiger charge is -2.43. The van der Waals surface area contributed by atoms with Crippen molar-refractivity contribution in [3.63, 3.8) is 0 Å². The number of piperidine rings is 2. The van der Waals surface area contributed by atoms with E-state index in [4.69, 9.17) is 32.5 Å². The Balaban J connectivity index is 1.41. The standard InChI is InChI=1S/C30H33Cl2N3O4/c1-21-27(28(33-39-21)24-8-3-4-9-25(24)32)29(37)35-17-7-14-30(19-35,18-26(36)34-15-5-2-6-16-34)20-38-23-12-10-22(31)11-13-23/h3-4,8-13H,2,5-7,14-20H2,1H3/t30-/m0/s1. The smallest absolute Gasteiger partial charge is 0.259 e. The SMILES string of the molecule is Cc1onc(-c2ccccc2Cl)c1C(=O)N1CCC[C@](COc2ccc(Cl)cc2)(CC(=O)N2CCCCC2)C1. The molecule has 0 N–H and O–H groups in total. The van der Waals surface area contributed by atoms with E-state index in [-0.39, 0.29) is 11.8 Å². The molecule has 5 rings (SSSR count). The van der Waals surface area contributed by atoms with E-state index in [2.05, 4.69) is 5.16 Å². The molecular weight excluding hydrogens is 537 g/mol. The van der Waals surface area contributed by atoms with Crippen LogP contribution in [-0.2, 0) is 4.79 Å². The van der Waals surface area contributed by atoms with Crippen LogP contribution in [0.15, 0.2) is 53.1 Å². The maximum absolute atomic E-state index is 14.0. The van der Waals surface area contributed by atoms with Crippen LogP contribution in [0.25, 0.3) is 11.3 Å². The lowest BCUT2D eigenvalue weighted by molar-refractivity contribution is -0.136. The second kappa shape index (κ2) is 12.0. The molecule has 2 aliphatic rings. The number of amides is 2. The van der Waals surface area contributed by atoms with Gasteiger partial charge in [-0.15, -0.1) is 0 Å². The van der Waals surface area contributed by atoms with E-state index in [1.807, 2.05) is 40.1 Å². The van der Waals surface area contributed by atoms with Crippen LogP contribution in [0.4, 0.5) is 0 Å². The molecule has 1 atom stereocenters. The Morgan fingerprint density at radius 1 is 0.974 bits per heavy atom. The van der Waals surface area contributed by atoms with Gasteiger partial charge in [0.05, 0.1) is 11.6 Å². The molecule has 9 heteroatoms. The molecule has 2 amide bonds. The molecule has 0 unspecified atom stereocenters. The first kappa shape index (κ1) is 27.5. The van der Waals surface area contributed by atoms with Crippen LogP contribution >= 0.6 is 23.2 Å². The minimum Gasteiger partial charge on any atom is -0.493 e. The number of aromatic nitrogens is 1. The number of benzene rings is 2. The van der Waals surface area contributed by atoms with Gasteiger partial charge in [-0.2, -0.15) is 0 Å². The predicted molar refractivity (Wildman–Crippen MR) is 151 cm³/mol. The van der Waals surface area contributed by atoms with Crippen molar-refractivity contribution in [1.29, 1.82) is 0 Å². The molecule has 0 aliphatic carbocycles. The number of rotatable bonds is 7. The quantitative estimate of drug-likeness (QED) is 0.318. The number of nitrogens with zero attached hydrogens (tertiary/aromatic N) is 3. The Morgan fingerprint density at radius 2 is 1.69 bits per heavy atom. The third-order valence-electron chi connectivity index (χ3n) is 7.75. The molecule has 0 radical (unpaired) electrons. The Labute approximate surface area is 239 Å². The van der Waals surface area contributed by atoms with Crippen LogP contribution in [0.3, 0.4) is 0 Å². The van der Waals surface area contributed by atoms with E-state index in [0.29, 0.717) is 64.5 Å². The summed E-state index contributed by atoms with van der Waals surface area (Å²) in [6, 6.07) is 14.5. The second-order valence-electron chi connectivity index (χ2n) is 10.6. The van der Waals surface area contributed by atoms with Gasteiger partial charge in [0.15, 0.2) is 0 Å². The van der Waals surface area contributed by atoms with Gasteiger partial charge in [0.2, 0.25) is 5.91 Å². The first-order valence-corrected chi connectivity index (χ1v) is 14.3. The molecule has 2 aliphatic heterocycles. The summed E-state index contributed by atoms with van der Waals surface area (Å²) in [7, 11) is 0. The Bertz CT molecular complexity index is 1320. The van der Waals surface area contributed by atoms with E-state index in [0.717, 1.165) is 45.2 Å². The average molecular weight is 571 g/mol. The fourth-order valence-electron chi connectivity index (χ4n) is 5.66. The van der Waals surface area contributed by atoms with Crippen molar-refractivity contribution in [3.05, 3.63) is 69.9 Å². The molecule has 0 saturated carbocycles. The van der Waals surface area contributed by atoms with Gasteiger partial charge in [-0.1, -0.05) is 46.6 Å². The third-order valence-corrected chi connectivity index (χ3v) is 8.33. The lowest BCUT2D eigenvalue weighted by Crippen LogP contribution is -2.51. The highest BCUT2D eigenvalue weighted by Gasteiger charge is 2.42. The van der Waals surface area contributed by atoms with E-state index < -0.39 is 5.41 Å². The van der Waals surface area contributed by atoms with Crippen LogP contribution in [0.2, 0.25) is 10.0 Å². The van der Waals surface area contributed by atoms with E-state index >= 15 is 0 Å². The molecule has 3 heterocycles. The fraction of sp³-hybridized carbons (Fsp3) is 0.433. The molecule has 0 spiro atoms. The van der Waals surface area contributed by atoms with E-state index in [1.165, 1.54) is 0 Å². The van der Waals surface area contributed by atoms with Gasteiger partial charge in [-0.25, -0.2) is 0 Å². The zero-order valence-electron chi connectivity index (χ0n) is 22.1. The number of likely N-dealkylation sites (tertiary alicyclic amines) is 2. The van der Waals surface area contributed by atoms with Gasteiger partial charge < -0.3 is 19.1 Å². The van der Waals surface area contributed by atoms with Crippen molar-refractivity contribution >= 4 is 35.0 Å². The molecule has 7 nitrogen and oxygen atoms in total. The Morgan fingerprint density at radius 3 is 2.44 bits per heavy atom. The topological polar surface area (TPSA) is 75.9 Å². The molecule has 0 bridgehead atoms. The highest BCUT2D eigenvalue weighted by atomic mass is 35.5. The summed E-state index contributed by atoms with van der Waals surface area (Å²) in [5.74, 6) is 1.07. The summed E-state index contributed by atoms with van der Waals surface area (Å²) in [4.78, 5) is 31.3. The summed E-state index contributed by atoms with van der Waals surface area (Å²) in [6.07, 6.45) is 5.08. The summed E-state index contributed by atoms with van der Waals surface area (Å²) < 4.78 is 11.7. The van der Waals surface area contributed by atoms with Crippen molar-refractivity contribution < 1.29 is 18.8 Å². The molecule has 2 saturated heterocycles. The van der Waals surface area contributed by atoms with E-state index in [1.54, 1.807) is 25.1 Å². The molecule has 39 heavy (non-hydrogen) atoms. The first-order valence-electron chi connectivity index (χ1n) is 13.5. The maximum Gasteiger partial charge on any atom is 0.259 e. The highest BCUT2D eigenvalue weighted by Crippen LogP contribution is 2.38. The first-order chi connectivity index (χ1) is 18.8. The number of aryl methyl sites for hydroxylation is 1. The Kier molecular flexibility index (Phi) is 8.48. The summed E-state index contributed by atoms with van der Waals surface area (Å²) in [6.45, 7) is 4.60. The fourth-order valence-corrected chi connectivity index (χ4v) is 6.01. The van der Waals surface area contributed by atoms with Gasteiger partial charge in [0.25, 0.3) is 5.91 Å². The van der Waals surface area contributed by atoms with Crippen LogP contribution in [0.1, 0.15) is 54.6 Å². The zero-order chi connectivity index (χ0) is 27.4. The zero-order valence-corrected chi connectivity index (χ0v) is 23.6. The number of hydrogen-bond acceptors (Lipinski definition) is 5. The average Bonchev–Trinajstić information content (AvgIpc) is 3.34. The molecule has 2 fully saturated rings. The molecule has 2 aromatic carbocycles. The van der Waals surface area contributed by atoms with Crippen LogP contribution < -0.4 is 4.74 Å². The Hall–Kier alpha value is -3.03. The summed E-state index contributed by atoms with van der Waals surface area (Å²) in [5, 5.41) is 5.31. The van der Waals surface area contributed by atoms with Crippen LogP contribution in [0, 0.1) is 12.3 Å². The maximum atomic E-state index is 14.0. The monoisotopic (exact) mass is 569 g/mol.